The number of halogens is 1. The summed E-state index contributed by atoms with van der Waals surface area (Å²) in [5.74, 6) is -1.55. The predicted molar refractivity (Wildman–Crippen MR) is 114 cm³/mol. The molecule has 30 heavy (non-hydrogen) atoms. The van der Waals surface area contributed by atoms with Crippen LogP contribution in [0.2, 0.25) is 0 Å². The second kappa shape index (κ2) is 7.36. The van der Waals surface area contributed by atoms with Gasteiger partial charge in [-0.2, -0.15) is 0 Å². The number of fused-ring (bicyclic) bond motifs is 1. The Morgan fingerprint density at radius 3 is 2.70 bits per heavy atom. The first-order chi connectivity index (χ1) is 14.5. The van der Waals surface area contributed by atoms with Crippen molar-refractivity contribution in [1.29, 1.82) is 0 Å². The molecule has 5 rings (SSSR count). The van der Waals surface area contributed by atoms with Crippen molar-refractivity contribution in [2.24, 2.45) is 11.8 Å². The summed E-state index contributed by atoms with van der Waals surface area (Å²) in [5, 5.41) is 0. The normalized spacial score (nSPS) is 29.9. The molecule has 1 spiro atoms. The summed E-state index contributed by atoms with van der Waals surface area (Å²) in [6, 6.07) is 17.4. The number of esters is 1. The number of benzene rings is 2. The fourth-order valence-corrected chi connectivity index (χ4v) is 5.14. The molecule has 3 heterocycles. The average molecular weight is 468 g/mol. The Hall–Kier alpha value is -2.44. The van der Waals surface area contributed by atoms with Gasteiger partial charge < -0.3 is 14.4 Å². The first-order valence-corrected chi connectivity index (χ1v) is 10.9. The number of nitrogens with zero attached hydrogens (tertiary/aromatic N) is 1. The van der Waals surface area contributed by atoms with Crippen molar-refractivity contribution in [3.63, 3.8) is 0 Å². The molecule has 3 aliphatic heterocycles. The molecule has 6 heteroatoms. The highest BCUT2D eigenvalue weighted by atomic mass is 79.9. The van der Waals surface area contributed by atoms with Gasteiger partial charge in [-0.15, -0.1) is 0 Å². The lowest BCUT2D eigenvalue weighted by Crippen LogP contribution is -2.40. The van der Waals surface area contributed by atoms with E-state index < -0.39 is 23.5 Å². The van der Waals surface area contributed by atoms with Crippen LogP contribution in [-0.4, -0.2) is 35.0 Å². The minimum atomic E-state index is -0.734. The quantitative estimate of drug-likeness (QED) is 0.491. The van der Waals surface area contributed by atoms with E-state index in [0.29, 0.717) is 6.54 Å². The zero-order valence-corrected chi connectivity index (χ0v) is 18.1. The second-order valence-corrected chi connectivity index (χ2v) is 9.10. The fraction of sp³-hybridized carbons (Fsp3) is 0.333. The van der Waals surface area contributed by atoms with Crippen molar-refractivity contribution in [3.8, 4) is 0 Å². The number of amides is 1. The van der Waals surface area contributed by atoms with E-state index in [2.05, 4.69) is 15.9 Å². The molecule has 154 valence electrons. The van der Waals surface area contributed by atoms with Crippen LogP contribution >= 0.6 is 15.9 Å². The number of ether oxygens (including phenoxy) is 2. The molecule has 0 aliphatic carbocycles. The monoisotopic (exact) mass is 467 g/mol. The standard InChI is InChI=1S/C24H22BrNO4/c1-15(17-7-9-18(25)10-8-17)26-14-24-12-11-19(30-24)20(21(24)22(26)27)23(28)29-13-16-5-3-2-4-6-16/h2-12,15,19-21H,13-14H2,1H3/t15-,19+,20-,21-,24+/m1/s1. The molecule has 2 aromatic rings. The molecule has 2 aromatic carbocycles. The highest BCUT2D eigenvalue weighted by Crippen LogP contribution is 2.53. The maximum Gasteiger partial charge on any atom is 0.313 e. The lowest BCUT2D eigenvalue weighted by Gasteiger charge is -2.27. The Bertz CT molecular complexity index is 1010. The number of rotatable bonds is 5. The number of likely N-dealkylation sites (tertiary alicyclic amines) is 1. The van der Waals surface area contributed by atoms with Gasteiger partial charge in [0.15, 0.2) is 0 Å². The van der Waals surface area contributed by atoms with Gasteiger partial charge in [-0.3, -0.25) is 9.59 Å². The number of carbonyl (C=O) groups is 2. The summed E-state index contributed by atoms with van der Waals surface area (Å²) < 4.78 is 12.8. The van der Waals surface area contributed by atoms with Crippen molar-refractivity contribution in [3.05, 3.63) is 82.3 Å². The van der Waals surface area contributed by atoms with Crippen molar-refractivity contribution >= 4 is 27.8 Å². The lowest BCUT2D eigenvalue weighted by molar-refractivity contribution is -0.155. The van der Waals surface area contributed by atoms with E-state index in [1.807, 2.05) is 78.6 Å². The molecule has 0 unspecified atom stereocenters. The summed E-state index contributed by atoms with van der Waals surface area (Å²) >= 11 is 3.45. The largest absolute Gasteiger partial charge is 0.460 e. The van der Waals surface area contributed by atoms with E-state index in [1.54, 1.807) is 0 Å². The Kier molecular flexibility index (Phi) is 4.79. The van der Waals surface area contributed by atoms with Gasteiger partial charge in [-0.25, -0.2) is 0 Å². The van der Waals surface area contributed by atoms with E-state index in [4.69, 9.17) is 9.47 Å². The summed E-state index contributed by atoms with van der Waals surface area (Å²) in [4.78, 5) is 28.2. The van der Waals surface area contributed by atoms with Crippen molar-refractivity contribution in [2.45, 2.75) is 31.3 Å². The van der Waals surface area contributed by atoms with E-state index in [0.717, 1.165) is 15.6 Å². The van der Waals surface area contributed by atoms with Crippen molar-refractivity contribution < 1.29 is 19.1 Å². The third kappa shape index (κ3) is 3.10. The number of carbonyl (C=O) groups excluding carboxylic acids is 2. The van der Waals surface area contributed by atoms with Gasteiger partial charge in [0.05, 0.1) is 24.6 Å². The smallest absolute Gasteiger partial charge is 0.313 e. The van der Waals surface area contributed by atoms with Gasteiger partial charge in [0.2, 0.25) is 5.91 Å². The highest BCUT2D eigenvalue weighted by Gasteiger charge is 2.67. The van der Waals surface area contributed by atoms with Gasteiger partial charge in [0.1, 0.15) is 18.1 Å². The van der Waals surface area contributed by atoms with Crippen LogP contribution in [0.15, 0.2) is 71.2 Å². The SMILES string of the molecule is C[C@H](c1ccc(Br)cc1)N1C[C@]23C=C[C@H](O2)[C@@H](C(=O)OCc2ccccc2)[C@@H]3C1=O. The summed E-state index contributed by atoms with van der Waals surface area (Å²) in [6.07, 6.45) is 3.48. The van der Waals surface area contributed by atoms with E-state index >= 15 is 0 Å². The van der Waals surface area contributed by atoms with E-state index in [9.17, 15) is 9.59 Å². The second-order valence-electron chi connectivity index (χ2n) is 8.19. The van der Waals surface area contributed by atoms with Crippen LogP contribution < -0.4 is 0 Å². The maximum absolute atomic E-state index is 13.4. The van der Waals surface area contributed by atoms with Crippen LogP contribution in [0.5, 0.6) is 0 Å². The van der Waals surface area contributed by atoms with Crippen LogP contribution in [0.4, 0.5) is 0 Å². The van der Waals surface area contributed by atoms with Gasteiger partial charge in [-0.1, -0.05) is 70.5 Å². The van der Waals surface area contributed by atoms with E-state index in [1.165, 1.54) is 0 Å². The van der Waals surface area contributed by atoms with Crippen LogP contribution in [-0.2, 0) is 25.7 Å². The van der Waals surface area contributed by atoms with Crippen LogP contribution in [0.1, 0.15) is 24.1 Å². The predicted octanol–water partition coefficient (Wildman–Crippen LogP) is 4.04. The maximum atomic E-state index is 13.4. The molecule has 0 aromatic heterocycles. The topological polar surface area (TPSA) is 55.8 Å². The zero-order chi connectivity index (χ0) is 20.9. The van der Waals surface area contributed by atoms with Gasteiger partial charge in [0, 0.05) is 4.47 Å². The molecule has 1 amide bonds. The molecule has 5 atom stereocenters. The summed E-state index contributed by atoms with van der Waals surface area (Å²) in [7, 11) is 0. The Labute approximate surface area is 183 Å². The molecule has 5 nitrogen and oxygen atoms in total. The molecule has 0 N–H and O–H groups in total. The van der Waals surface area contributed by atoms with E-state index in [-0.39, 0.29) is 24.5 Å². The third-order valence-electron chi connectivity index (χ3n) is 6.45. The highest BCUT2D eigenvalue weighted by molar-refractivity contribution is 9.10. The summed E-state index contributed by atoms with van der Waals surface area (Å²) in [5.41, 5.74) is 1.23. The van der Waals surface area contributed by atoms with Gasteiger partial charge >= 0.3 is 5.97 Å². The van der Waals surface area contributed by atoms with Gasteiger partial charge in [0.25, 0.3) is 0 Å². The molecule has 2 fully saturated rings. The summed E-state index contributed by atoms with van der Waals surface area (Å²) in [6.45, 7) is 2.65. The molecule has 2 bridgehead atoms. The molecular weight excluding hydrogens is 446 g/mol. The number of hydrogen-bond donors (Lipinski definition) is 0. The molecular formula is C24H22BrNO4. The molecule has 3 aliphatic rings. The van der Waals surface area contributed by atoms with Crippen LogP contribution in [0.25, 0.3) is 0 Å². The molecule has 0 saturated carbocycles. The third-order valence-corrected chi connectivity index (χ3v) is 6.97. The first-order valence-electron chi connectivity index (χ1n) is 10.1. The Morgan fingerprint density at radius 2 is 1.97 bits per heavy atom. The lowest BCUT2D eigenvalue weighted by atomic mass is 9.77. The van der Waals surface area contributed by atoms with Crippen LogP contribution in [0.3, 0.4) is 0 Å². The molecule has 0 radical (unpaired) electrons. The first kappa shape index (κ1) is 19.5. The number of hydrogen-bond acceptors (Lipinski definition) is 4. The minimum Gasteiger partial charge on any atom is -0.460 e. The fourth-order valence-electron chi connectivity index (χ4n) is 4.87. The van der Waals surface area contributed by atoms with Crippen LogP contribution in [0, 0.1) is 11.8 Å². The average Bonchev–Trinajstić information content (AvgIpc) is 3.41. The van der Waals surface area contributed by atoms with Crippen molar-refractivity contribution in [2.75, 3.05) is 6.54 Å². The van der Waals surface area contributed by atoms with Crippen molar-refractivity contribution in [1.82, 2.24) is 4.90 Å². The Morgan fingerprint density at radius 1 is 1.23 bits per heavy atom. The van der Waals surface area contributed by atoms with Gasteiger partial charge in [-0.05, 0) is 30.2 Å². The minimum absolute atomic E-state index is 0.0427. The Balaban J connectivity index is 1.35. The molecule has 2 saturated heterocycles. The zero-order valence-electron chi connectivity index (χ0n) is 16.5.